The number of carbonyl (C=O) groups excluding carboxylic acids is 2. The molecule has 1 aromatic heterocycles. The number of hydrogen-bond acceptors (Lipinski definition) is 8. The van der Waals surface area contributed by atoms with Gasteiger partial charge in [-0.3, -0.25) is 24.6 Å². The number of nitriles is 1. The van der Waals surface area contributed by atoms with Crippen LogP contribution in [0.3, 0.4) is 0 Å². The van der Waals surface area contributed by atoms with Crippen LogP contribution in [0, 0.1) is 21.4 Å². The Labute approximate surface area is 251 Å². The van der Waals surface area contributed by atoms with Gasteiger partial charge in [0.05, 0.1) is 15.7 Å². The van der Waals surface area contributed by atoms with Gasteiger partial charge in [0, 0.05) is 52.8 Å². The zero-order valence-corrected chi connectivity index (χ0v) is 24.3. The lowest BCUT2D eigenvalue weighted by molar-refractivity contribution is -0.384. The van der Waals surface area contributed by atoms with E-state index in [1.807, 2.05) is 24.3 Å². The van der Waals surface area contributed by atoms with Crippen molar-refractivity contribution in [1.29, 1.82) is 5.26 Å². The molecule has 212 valence electrons. The smallest absolute Gasteiger partial charge is 0.269 e. The third kappa shape index (κ3) is 6.86. The third-order valence-corrected chi connectivity index (χ3v) is 9.07. The summed E-state index contributed by atoms with van der Waals surface area (Å²) in [6.07, 6.45) is 0.764. The fourth-order valence-corrected chi connectivity index (χ4v) is 6.87. The Morgan fingerprint density at radius 1 is 1.10 bits per heavy atom. The van der Waals surface area contributed by atoms with Gasteiger partial charge in [-0.15, -0.1) is 23.1 Å². The number of amides is 2. The number of thioether (sulfide) groups is 1. The molecule has 0 radical (unpaired) electrons. The summed E-state index contributed by atoms with van der Waals surface area (Å²) in [6.45, 7) is 4.22. The molecule has 42 heavy (non-hydrogen) atoms. The minimum Gasteiger partial charge on any atom is -0.322 e. The molecule has 2 heterocycles. The highest BCUT2D eigenvalue weighted by molar-refractivity contribution is 8.00. The van der Waals surface area contributed by atoms with E-state index in [-0.39, 0.29) is 11.6 Å². The first kappa shape index (κ1) is 29.0. The van der Waals surface area contributed by atoms with Crippen LogP contribution in [0.15, 0.2) is 83.8 Å². The molecule has 2 N–H and O–H groups in total. The molecule has 2 amide bonds. The minimum absolute atomic E-state index is 0.0909. The second-order valence-corrected chi connectivity index (χ2v) is 12.3. The van der Waals surface area contributed by atoms with E-state index < -0.39 is 16.1 Å². The molecule has 5 rings (SSSR count). The summed E-state index contributed by atoms with van der Waals surface area (Å²) in [6, 6.07) is 25.1. The molecule has 1 atom stereocenters. The molecular formula is C31H27N5O4S2. The first-order valence-corrected chi connectivity index (χ1v) is 14.9. The summed E-state index contributed by atoms with van der Waals surface area (Å²) in [4.78, 5) is 40.4. The Balaban J connectivity index is 1.20. The van der Waals surface area contributed by atoms with Crippen LogP contribution in [-0.4, -0.2) is 33.4 Å². The third-order valence-electron chi connectivity index (χ3n) is 6.85. The molecular weight excluding hydrogens is 571 g/mol. The van der Waals surface area contributed by atoms with Crippen LogP contribution in [-0.2, 0) is 24.3 Å². The van der Waals surface area contributed by atoms with E-state index in [1.165, 1.54) is 52.9 Å². The molecule has 4 aromatic rings. The largest absolute Gasteiger partial charge is 0.322 e. The number of fused-ring (bicyclic) bond motifs is 1. The van der Waals surface area contributed by atoms with Crippen molar-refractivity contribution in [2.24, 2.45) is 0 Å². The van der Waals surface area contributed by atoms with Gasteiger partial charge in [0.1, 0.15) is 11.1 Å². The highest BCUT2D eigenvalue weighted by Gasteiger charge is 2.26. The van der Waals surface area contributed by atoms with Gasteiger partial charge in [0.15, 0.2) is 0 Å². The maximum atomic E-state index is 13.2. The normalized spacial score (nSPS) is 13.4. The van der Waals surface area contributed by atoms with Crippen molar-refractivity contribution in [3.63, 3.8) is 0 Å². The number of carbonyl (C=O) groups is 2. The topological polar surface area (TPSA) is 128 Å². The summed E-state index contributed by atoms with van der Waals surface area (Å²) >= 11 is 2.81. The highest BCUT2D eigenvalue weighted by atomic mass is 32.2. The summed E-state index contributed by atoms with van der Waals surface area (Å²) < 4.78 is 0. The fraction of sp³-hybridized carbons (Fsp3) is 0.194. The Kier molecular flexibility index (Phi) is 8.97. The maximum Gasteiger partial charge on any atom is 0.269 e. The van der Waals surface area contributed by atoms with Crippen LogP contribution in [0.1, 0.15) is 38.8 Å². The average Bonchev–Trinajstić information content (AvgIpc) is 3.33. The number of non-ortho nitro benzene ring substituents is 1. The van der Waals surface area contributed by atoms with Crippen molar-refractivity contribution in [3.8, 4) is 6.07 Å². The van der Waals surface area contributed by atoms with Crippen molar-refractivity contribution in [2.75, 3.05) is 17.2 Å². The summed E-state index contributed by atoms with van der Waals surface area (Å²) in [5.74, 6) is -0.609. The summed E-state index contributed by atoms with van der Waals surface area (Å²) in [5.41, 5.74) is 3.56. The molecule has 1 aliphatic heterocycles. The van der Waals surface area contributed by atoms with Gasteiger partial charge < -0.3 is 10.6 Å². The highest BCUT2D eigenvalue weighted by Crippen LogP contribution is 2.37. The second-order valence-electron chi connectivity index (χ2n) is 9.80. The molecule has 0 saturated heterocycles. The van der Waals surface area contributed by atoms with Gasteiger partial charge in [-0.2, -0.15) is 5.26 Å². The molecule has 11 heteroatoms. The Morgan fingerprint density at radius 3 is 2.57 bits per heavy atom. The summed E-state index contributed by atoms with van der Waals surface area (Å²) in [5, 5.41) is 26.6. The average molecular weight is 598 g/mol. The Morgan fingerprint density at radius 2 is 1.86 bits per heavy atom. The van der Waals surface area contributed by atoms with Crippen molar-refractivity contribution in [2.45, 2.75) is 36.6 Å². The van der Waals surface area contributed by atoms with Crippen molar-refractivity contribution >= 4 is 51.3 Å². The molecule has 0 bridgehead atoms. The second kappa shape index (κ2) is 13.0. The summed E-state index contributed by atoms with van der Waals surface area (Å²) in [7, 11) is 0. The SMILES string of the molecule is CC(Sc1cccc(NC(=O)c2ccc([N+](=O)[O-])cc2)c1)C(=O)Nc1sc2c(c1C#N)CCN(Cc1ccccc1)C2. The molecule has 0 saturated carbocycles. The van der Waals surface area contributed by atoms with Gasteiger partial charge in [-0.05, 0) is 54.8 Å². The fourth-order valence-electron chi connectivity index (χ4n) is 4.70. The Bertz CT molecular complexity index is 1670. The maximum absolute atomic E-state index is 13.2. The van der Waals surface area contributed by atoms with Crippen LogP contribution < -0.4 is 10.6 Å². The molecule has 1 unspecified atom stereocenters. The van der Waals surface area contributed by atoms with Crippen molar-refractivity contribution in [1.82, 2.24) is 4.90 Å². The van der Waals surface area contributed by atoms with E-state index >= 15 is 0 Å². The lowest BCUT2D eigenvalue weighted by Crippen LogP contribution is -2.29. The zero-order valence-electron chi connectivity index (χ0n) is 22.7. The molecule has 9 nitrogen and oxygen atoms in total. The van der Waals surface area contributed by atoms with E-state index in [9.17, 15) is 25.0 Å². The van der Waals surface area contributed by atoms with Gasteiger partial charge in [-0.25, -0.2) is 0 Å². The van der Waals surface area contributed by atoms with E-state index in [2.05, 4.69) is 33.7 Å². The van der Waals surface area contributed by atoms with Gasteiger partial charge in [-0.1, -0.05) is 36.4 Å². The van der Waals surface area contributed by atoms with E-state index in [0.29, 0.717) is 21.8 Å². The number of rotatable bonds is 9. The van der Waals surface area contributed by atoms with Gasteiger partial charge in [0.2, 0.25) is 5.91 Å². The van der Waals surface area contributed by atoms with E-state index in [4.69, 9.17) is 0 Å². The lowest BCUT2D eigenvalue weighted by Gasteiger charge is -2.26. The minimum atomic E-state index is -0.520. The lowest BCUT2D eigenvalue weighted by atomic mass is 10.0. The molecule has 0 spiro atoms. The number of hydrogen-bond donors (Lipinski definition) is 2. The monoisotopic (exact) mass is 597 g/mol. The number of benzene rings is 3. The van der Waals surface area contributed by atoms with Crippen LogP contribution in [0.5, 0.6) is 0 Å². The number of nitro groups is 1. The van der Waals surface area contributed by atoms with Crippen LogP contribution in [0.2, 0.25) is 0 Å². The first-order valence-electron chi connectivity index (χ1n) is 13.2. The zero-order chi connectivity index (χ0) is 29.6. The quantitative estimate of drug-likeness (QED) is 0.129. The molecule has 0 fully saturated rings. The van der Waals surface area contributed by atoms with Crippen LogP contribution in [0.25, 0.3) is 0 Å². The van der Waals surface area contributed by atoms with Crippen LogP contribution in [0.4, 0.5) is 16.4 Å². The predicted octanol–water partition coefficient (Wildman–Crippen LogP) is 6.46. The van der Waals surface area contributed by atoms with E-state index in [0.717, 1.165) is 41.4 Å². The Hall–Kier alpha value is -4.50. The van der Waals surface area contributed by atoms with Gasteiger partial charge in [0.25, 0.3) is 11.6 Å². The number of thiophene rings is 1. The standard InChI is InChI=1S/C31H27N5O4S2/c1-20(41-25-9-5-8-23(16-25)33-30(38)22-10-12-24(13-11-22)36(39)40)29(37)34-31-27(17-32)26-14-15-35(19-28(26)42-31)18-21-6-3-2-4-7-21/h2-13,16,20H,14-15,18-19H2,1H3,(H,33,38)(H,34,37). The number of nitrogens with one attached hydrogen (secondary N) is 2. The number of nitrogens with zero attached hydrogens (tertiary/aromatic N) is 3. The number of nitro benzene ring substituents is 1. The van der Waals surface area contributed by atoms with E-state index in [1.54, 1.807) is 25.1 Å². The first-order chi connectivity index (χ1) is 20.3. The van der Waals surface area contributed by atoms with Crippen molar-refractivity contribution in [3.05, 3.63) is 116 Å². The molecule has 1 aliphatic rings. The van der Waals surface area contributed by atoms with Gasteiger partial charge >= 0.3 is 0 Å². The molecule has 3 aromatic carbocycles. The predicted molar refractivity (Wildman–Crippen MR) is 165 cm³/mol. The molecule has 0 aliphatic carbocycles. The van der Waals surface area contributed by atoms with Crippen molar-refractivity contribution < 1.29 is 14.5 Å². The number of anilines is 2. The van der Waals surface area contributed by atoms with Crippen LogP contribution >= 0.6 is 23.1 Å².